The molecule has 1 unspecified atom stereocenters. The van der Waals surface area contributed by atoms with E-state index >= 15 is 0 Å². The van der Waals surface area contributed by atoms with E-state index in [2.05, 4.69) is 49.1 Å². The Morgan fingerprint density at radius 2 is 1.93 bits per heavy atom. The van der Waals surface area contributed by atoms with Gasteiger partial charge in [-0.1, -0.05) is 18.2 Å². The molecule has 1 saturated heterocycles. The van der Waals surface area contributed by atoms with Gasteiger partial charge in [-0.3, -0.25) is 0 Å². The average molecular weight is 204 g/mol. The van der Waals surface area contributed by atoms with Crippen LogP contribution in [0.5, 0.6) is 0 Å². The zero-order valence-electron chi connectivity index (χ0n) is 9.61. The van der Waals surface area contributed by atoms with E-state index in [1.165, 1.54) is 5.69 Å². The van der Waals surface area contributed by atoms with Gasteiger partial charge in [0.05, 0.1) is 0 Å². The summed E-state index contributed by atoms with van der Waals surface area (Å²) < 4.78 is 0. The number of rotatable bonds is 1. The van der Waals surface area contributed by atoms with Crippen LogP contribution in [0, 0.1) is 0 Å². The molecule has 1 aromatic rings. The number of piperidine rings is 1. The molecule has 0 amide bonds. The molecule has 1 heterocycles. The molecule has 2 N–H and O–H groups in total. The summed E-state index contributed by atoms with van der Waals surface area (Å²) in [6, 6.07) is 11.0. The standard InChI is InChI=1S/C13H20N2/c1-13(2)10-11(14)8-9-15(13)12-6-4-3-5-7-12/h3-7,11H,8-10,14H2,1-2H3. The fourth-order valence-electron chi connectivity index (χ4n) is 2.54. The quantitative estimate of drug-likeness (QED) is 0.761. The summed E-state index contributed by atoms with van der Waals surface area (Å²) in [4.78, 5) is 2.47. The molecule has 0 bridgehead atoms. The smallest absolute Gasteiger partial charge is 0.0370 e. The lowest BCUT2D eigenvalue weighted by molar-refractivity contribution is 0.327. The van der Waals surface area contributed by atoms with Crippen molar-refractivity contribution in [2.75, 3.05) is 11.4 Å². The first-order valence-electron chi connectivity index (χ1n) is 5.68. The molecule has 82 valence electrons. The molecule has 0 spiro atoms. The predicted molar refractivity (Wildman–Crippen MR) is 65.1 cm³/mol. The van der Waals surface area contributed by atoms with Crippen LogP contribution in [0.15, 0.2) is 30.3 Å². The SMILES string of the molecule is CC1(C)CC(N)CCN1c1ccccc1. The molecule has 1 aromatic carbocycles. The van der Waals surface area contributed by atoms with Crippen LogP contribution in [0.4, 0.5) is 5.69 Å². The van der Waals surface area contributed by atoms with E-state index in [4.69, 9.17) is 5.73 Å². The molecule has 2 nitrogen and oxygen atoms in total. The van der Waals surface area contributed by atoms with Crippen molar-refractivity contribution in [3.8, 4) is 0 Å². The minimum atomic E-state index is 0.180. The van der Waals surface area contributed by atoms with Gasteiger partial charge in [-0.25, -0.2) is 0 Å². The second-order valence-corrected chi connectivity index (χ2v) is 5.05. The van der Waals surface area contributed by atoms with Gasteiger partial charge in [0.2, 0.25) is 0 Å². The van der Waals surface area contributed by atoms with Crippen LogP contribution in [0.1, 0.15) is 26.7 Å². The minimum Gasteiger partial charge on any atom is -0.366 e. The first kappa shape index (κ1) is 10.5. The summed E-state index contributed by atoms with van der Waals surface area (Å²) >= 11 is 0. The van der Waals surface area contributed by atoms with Gasteiger partial charge in [-0.15, -0.1) is 0 Å². The maximum atomic E-state index is 6.02. The summed E-state index contributed by atoms with van der Waals surface area (Å²) in [6.07, 6.45) is 2.17. The van der Waals surface area contributed by atoms with E-state index in [0.717, 1.165) is 19.4 Å². The molecule has 0 aromatic heterocycles. The lowest BCUT2D eigenvalue weighted by Gasteiger charge is -2.46. The summed E-state index contributed by atoms with van der Waals surface area (Å²) in [5.41, 5.74) is 7.52. The third-order valence-corrected chi connectivity index (χ3v) is 3.28. The molecular formula is C13H20N2. The van der Waals surface area contributed by atoms with E-state index in [1.54, 1.807) is 0 Å². The fourth-order valence-corrected chi connectivity index (χ4v) is 2.54. The average Bonchev–Trinajstić information content (AvgIpc) is 2.17. The van der Waals surface area contributed by atoms with Crippen molar-refractivity contribution in [2.45, 2.75) is 38.3 Å². The van der Waals surface area contributed by atoms with Crippen LogP contribution in [0.3, 0.4) is 0 Å². The van der Waals surface area contributed by atoms with Crippen molar-refractivity contribution in [1.82, 2.24) is 0 Å². The number of para-hydroxylation sites is 1. The van der Waals surface area contributed by atoms with Gasteiger partial charge in [0, 0.05) is 23.8 Å². The Bertz CT molecular complexity index is 319. The summed E-state index contributed by atoms with van der Waals surface area (Å²) in [5.74, 6) is 0. The number of anilines is 1. The van der Waals surface area contributed by atoms with Crippen molar-refractivity contribution >= 4 is 5.69 Å². The monoisotopic (exact) mass is 204 g/mol. The van der Waals surface area contributed by atoms with Gasteiger partial charge in [-0.05, 0) is 38.8 Å². The van der Waals surface area contributed by atoms with E-state index < -0.39 is 0 Å². The Morgan fingerprint density at radius 3 is 2.53 bits per heavy atom. The lowest BCUT2D eigenvalue weighted by Crippen LogP contribution is -2.53. The normalized spacial score (nSPS) is 25.3. The number of hydrogen-bond acceptors (Lipinski definition) is 2. The van der Waals surface area contributed by atoms with Gasteiger partial charge in [-0.2, -0.15) is 0 Å². The van der Waals surface area contributed by atoms with Gasteiger partial charge in [0.1, 0.15) is 0 Å². The van der Waals surface area contributed by atoms with E-state index in [-0.39, 0.29) is 5.54 Å². The van der Waals surface area contributed by atoms with Crippen molar-refractivity contribution in [3.05, 3.63) is 30.3 Å². The number of nitrogens with zero attached hydrogens (tertiary/aromatic N) is 1. The van der Waals surface area contributed by atoms with Gasteiger partial charge >= 0.3 is 0 Å². The summed E-state index contributed by atoms with van der Waals surface area (Å²) in [5, 5.41) is 0. The van der Waals surface area contributed by atoms with E-state index in [9.17, 15) is 0 Å². The second kappa shape index (κ2) is 3.86. The topological polar surface area (TPSA) is 29.3 Å². The van der Waals surface area contributed by atoms with Gasteiger partial charge in [0.15, 0.2) is 0 Å². The molecule has 15 heavy (non-hydrogen) atoms. The highest BCUT2D eigenvalue weighted by molar-refractivity contribution is 5.49. The molecule has 1 aliphatic heterocycles. The maximum absolute atomic E-state index is 6.02. The van der Waals surface area contributed by atoms with Crippen LogP contribution in [0.25, 0.3) is 0 Å². The minimum absolute atomic E-state index is 0.180. The lowest BCUT2D eigenvalue weighted by atomic mass is 9.87. The number of nitrogens with two attached hydrogens (primary N) is 1. The first-order valence-corrected chi connectivity index (χ1v) is 5.68. The molecule has 0 saturated carbocycles. The Morgan fingerprint density at radius 1 is 1.27 bits per heavy atom. The molecule has 2 rings (SSSR count). The molecule has 1 aliphatic rings. The largest absolute Gasteiger partial charge is 0.366 e. The molecule has 0 radical (unpaired) electrons. The van der Waals surface area contributed by atoms with Crippen molar-refractivity contribution < 1.29 is 0 Å². The highest BCUT2D eigenvalue weighted by atomic mass is 15.2. The first-order chi connectivity index (χ1) is 7.09. The third kappa shape index (κ3) is 2.15. The molecule has 0 aliphatic carbocycles. The van der Waals surface area contributed by atoms with Crippen LogP contribution in [0.2, 0.25) is 0 Å². The van der Waals surface area contributed by atoms with Crippen molar-refractivity contribution in [1.29, 1.82) is 0 Å². The van der Waals surface area contributed by atoms with E-state index in [0.29, 0.717) is 6.04 Å². The highest BCUT2D eigenvalue weighted by Crippen LogP contribution is 2.31. The Hall–Kier alpha value is -1.02. The van der Waals surface area contributed by atoms with Crippen LogP contribution in [-0.4, -0.2) is 18.1 Å². The molecular weight excluding hydrogens is 184 g/mol. The van der Waals surface area contributed by atoms with E-state index in [1.807, 2.05) is 0 Å². The highest BCUT2D eigenvalue weighted by Gasteiger charge is 2.33. The Balaban J connectivity index is 2.23. The van der Waals surface area contributed by atoms with Crippen LogP contribution in [-0.2, 0) is 0 Å². The summed E-state index contributed by atoms with van der Waals surface area (Å²) in [7, 11) is 0. The zero-order valence-corrected chi connectivity index (χ0v) is 9.61. The summed E-state index contributed by atoms with van der Waals surface area (Å²) in [6.45, 7) is 5.62. The molecule has 1 atom stereocenters. The van der Waals surface area contributed by atoms with Crippen LogP contribution >= 0.6 is 0 Å². The predicted octanol–water partition coefficient (Wildman–Crippen LogP) is 2.39. The van der Waals surface area contributed by atoms with Gasteiger partial charge in [0.25, 0.3) is 0 Å². The third-order valence-electron chi connectivity index (χ3n) is 3.28. The van der Waals surface area contributed by atoms with Crippen molar-refractivity contribution in [3.63, 3.8) is 0 Å². The maximum Gasteiger partial charge on any atom is 0.0370 e. The second-order valence-electron chi connectivity index (χ2n) is 5.05. The zero-order chi connectivity index (χ0) is 10.9. The van der Waals surface area contributed by atoms with Crippen molar-refractivity contribution in [2.24, 2.45) is 5.73 Å². The Kier molecular flexibility index (Phi) is 2.70. The molecule has 1 fully saturated rings. The molecule has 2 heteroatoms. The fraction of sp³-hybridized carbons (Fsp3) is 0.538. The van der Waals surface area contributed by atoms with Gasteiger partial charge < -0.3 is 10.6 Å². The number of hydrogen-bond donors (Lipinski definition) is 1. The Labute approximate surface area is 92.1 Å². The number of benzene rings is 1. The van der Waals surface area contributed by atoms with Crippen LogP contribution < -0.4 is 10.6 Å².